The Hall–Kier alpha value is -4.28. The van der Waals surface area contributed by atoms with Gasteiger partial charge >= 0.3 is 6.18 Å². The molecular formula is C26H19F5N2O4. The Bertz CT molecular complexity index is 1400. The Kier molecular flexibility index (Phi) is 6.97. The quantitative estimate of drug-likeness (QED) is 0.251. The number of aryl methyl sites for hydroxylation is 1. The predicted octanol–water partition coefficient (Wildman–Crippen LogP) is 5.66. The number of ketones is 1. The van der Waals surface area contributed by atoms with Crippen molar-refractivity contribution in [3.05, 3.63) is 88.5 Å². The van der Waals surface area contributed by atoms with Gasteiger partial charge in [-0.3, -0.25) is 14.4 Å². The first-order valence-electron chi connectivity index (χ1n) is 11.0. The third-order valence-electron chi connectivity index (χ3n) is 5.76. The van der Waals surface area contributed by atoms with Gasteiger partial charge < -0.3 is 15.4 Å². The van der Waals surface area contributed by atoms with Crippen LogP contribution < -0.4 is 15.4 Å². The van der Waals surface area contributed by atoms with E-state index in [1.165, 1.54) is 13.0 Å². The molecule has 2 amide bonds. The van der Waals surface area contributed by atoms with Crippen LogP contribution in [0, 0.1) is 24.5 Å². The summed E-state index contributed by atoms with van der Waals surface area (Å²) in [7, 11) is 0. The molecule has 37 heavy (non-hydrogen) atoms. The minimum atomic E-state index is -4.77. The van der Waals surface area contributed by atoms with E-state index in [1.54, 1.807) is 0 Å². The van der Waals surface area contributed by atoms with Gasteiger partial charge in [-0.05, 0) is 73.5 Å². The topological polar surface area (TPSA) is 84.5 Å². The lowest BCUT2D eigenvalue weighted by Gasteiger charge is -2.16. The van der Waals surface area contributed by atoms with Crippen molar-refractivity contribution in [2.24, 2.45) is 5.92 Å². The first-order chi connectivity index (χ1) is 17.4. The normalized spacial score (nSPS) is 15.3. The van der Waals surface area contributed by atoms with E-state index in [0.717, 1.165) is 42.5 Å². The number of carbonyl (C=O) groups is 3. The van der Waals surface area contributed by atoms with Gasteiger partial charge in [0.2, 0.25) is 5.91 Å². The second-order valence-corrected chi connectivity index (χ2v) is 8.37. The van der Waals surface area contributed by atoms with Crippen molar-refractivity contribution in [2.45, 2.75) is 19.5 Å². The SMILES string of the molecule is Cc1cc(F)ccc1Oc1ccc(C(F)(F)F)cc1C(=O)Nc1ccc(F)c(C(=O)C2CCNC2=O)c1. The highest BCUT2D eigenvalue weighted by Crippen LogP contribution is 2.35. The Labute approximate surface area is 207 Å². The summed E-state index contributed by atoms with van der Waals surface area (Å²) < 4.78 is 73.5. The van der Waals surface area contributed by atoms with Crippen LogP contribution in [0.3, 0.4) is 0 Å². The molecule has 1 atom stereocenters. The van der Waals surface area contributed by atoms with E-state index in [2.05, 4.69) is 10.6 Å². The first kappa shape index (κ1) is 25.8. The van der Waals surface area contributed by atoms with Crippen LogP contribution in [0.4, 0.5) is 27.6 Å². The molecule has 1 fully saturated rings. The summed E-state index contributed by atoms with van der Waals surface area (Å²) in [5.74, 6) is -5.04. The molecule has 4 rings (SSSR count). The molecule has 1 saturated heterocycles. The number of amides is 2. The molecule has 11 heteroatoms. The van der Waals surface area contributed by atoms with Gasteiger partial charge in [0.05, 0.1) is 16.7 Å². The van der Waals surface area contributed by atoms with E-state index in [1.807, 2.05) is 0 Å². The molecule has 0 aliphatic carbocycles. The van der Waals surface area contributed by atoms with Crippen LogP contribution in [0.15, 0.2) is 54.6 Å². The molecule has 0 aromatic heterocycles. The van der Waals surface area contributed by atoms with Gasteiger partial charge in [0.15, 0.2) is 5.78 Å². The standard InChI is InChI=1S/C26H19F5N2O4/c1-13-10-15(27)3-7-21(13)37-22-6-2-14(26(29,30)31)11-19(22)25(36)33-16-4-5-20(28)18(12-16)23(34)17-8-9-32-24(17)35/h2-7,10-12,17H,8-9H2,1H3,(H,32,35)(H,33,36). The summed E-state index contributed by atoms with van der Waals surface area (Å²) in [6.07, 6.45) is -4.59. The number of carbonyl (C=O) groups excluding carboxylic acids is 3. The van der Waals surface area contributed by atoms with Crippen LogP contribution in [-0.4, -0.2) is 24.1 Å². The Balaban J connectivity index is 1.67. The zero-order valence-electron chi connectivity index (χ0n) is 19.2. The smallest absolute Gasteiger partial charge is 0.416 e. The van der Waals surface area contributed by atoms with Crippen molar-refractivity contribution in [1.82, 2.24) is 5.32 Å². The molecule has 1 heterocycles. The van der Waals surface area contributed by atoms with E-state index >= 15 is 0 Å². The maximum absolute atomic E-state index is 14.4. The van der Waals surface area contributed by atoms with Crippen molar-refractivity contribution in [2.75, 3.05) is 11.9 Å². The van der Waals surface area contributed by atoms with Crippen molar-refractivity contribution in [3.63, 3.8) is 0 Å². The monoisotopic (exact) mass is 518 g/mol. The average Bonchev–Trinajstić information content (AvgIpc) is 3.27. The molecule has 3 aromatic rings. The van der Waals surface area contributed by atoms with Crippen LogP contribution >= 0.6 is 0 Å². The van der Waals surface area contributed by atoms with Crippen LogP contribution in [0.2, 0.25) is 0 Å². The van der Waals surface area contributed by atoms with Gasteiger partial charge in [-0.15, -0.1) is 0 Å². The molecule has 3 aromatic carbocycles. The van der Waals surface area contributed by atoms with Crippen LogP contribution in [-0.2, 0) is 11.0 Å². The molecule has 0 bridgehead atoms. The Morgan fingerprint density at radius 3 is 2.35 bits per heavy atom. The van der Waals surface area contributed by atoms with E-state index < -0.39 is 58.0 Å². The van der Waals surface area contributed by atoms with E-state index in [-0.39, 0.29) is 30.2 Å². The second kappa shape index (κ2) is 10.00. The lowest BCUT2D eigenvalue weighted by molar-refractivity contribution is -0.137. The van der Waals surface area contributed by atoms with Gasteiger partial charge in [0, 0.05) is 12.2 Å². The molecule has 0 saturated carbocycles. The van der Waals surface area contributed by atoms with Gasteiger partial charge in [0.25, 0.3) is 5.91 Å². The summed E-state index contributed by atoms with van der Waals surface area (Å²) in [5, 5.41) is 4.83. The summed E-state index contributed by atoms with van der Waals surface area (Å²) >= 11 is 0. The minimum absolute atomic E-state index is 0.0884. The number of hydrogen-bond donors (Lipinski definition) is 2. The molecule has 1 unspecified atom stereocenters. The van der Waals surface area contributed by atoms with Gasteiger partial charge in [-0.25, -0.2) is 8.78 Å². The lowest BCUT2D eigenvalue weighted by atomic mass is 9.95. The fraction of sp³-hybridized carbons (Fsp3) is 0.192. The zero-order chi connectivity index (χ0) is 26.9. The number of nitrogens with one attached hydrogen (secondary N) is 2. The molecule has 0 radical (unpaired) electrons. The van der Waals surface area contributed by atoms with Gasteiger partial charge in [0.1, 0.15) is 29.1 Å². The van der Waals surface area contributed by atoms with Crippen molar-refractivity contribution in [1.29, 1.82) is 0 Å². The van der Waals surface area contributed by atoms with Crippen molar-refractivity contribution in [3.8, 4) is 11.5 Å². The molecule has 192 valence electrons. The summed E-state index contributed by atoms with van der Waals surface area (Å²) in [5.41, 5.74) is -1.82. The Morgan fingerprint density at radius 2 is 1.70 bits per heavy atom. The fourth-order valence-electron chi connectivity index (χ4n) is 3.84. The summed E-state index contributed by atoms with van der Waals surface area (Å²) in [6, 6.07) is 8.82. The van der Waals surface area contributed by atoms with Crippen LogP contribution in [0.25, 0.3) is 0 Å². The highest BCUT2D eigenvalue weighted by atomic mass is 19.4. The molecule has 1 aliphatic heterocycles. The fourth-order valence-corrected chi connectivity index (χ4v) is 3.84. The zero-order valence-corrected chi connectivity index (χ0v) is 19.2. The minimum Gasteiger partial charge on any atom is -0.456 e. The number of ether oxygens (including phenoxy) is 1. The van der Waals surface area contributed by atoms with Gasteiger partial charge in [-0.2, -0.15) is 13.2 Å². The van der Waals surface area contributed by atoms with Crippen molar-refractivity contribution < 1.29 is 41.1 Å². The highest BCUT2D eigenvalue weighted by molar-refractivity contribution is 6.12. The number of benzene rings is 3. The largest absolute Gasteiger partial charge is 0.456 e. The van der Waals surface area contributed by atoms with Crippen LogP contribution in [0.5, 0.6) is 11.5 Å². The predicted molar refractivity (Wildman–Crippen MR) is 122 cm³/mol. The number of halogens is 5. The summed E-state index contributed by atoms with van der Waals surface area (Å²) in [4.78, 5) is 37.6. The molecule has 1 aliphatic rings. The van der Waals surface area contributed by atoms with E-state index in [4.69, 9.17) is 4.74 Å². The third-order valence-corrected chi connectivity index (χ3v) is 5.76. The van der Waals surface area contributed by atoms with E-state index in [9.17, 15) is 36.3 Å². The summed E-state index contributed by atoms with van der Waals surface area (Å²) in [6.45, 7) is 1.78. The molecule has 0 spiro atoms. The number of Topliss-reactive ketones (excluding diaryl/α,β-unsaturated/α-hetero) is 1. The maximum Gasteiger partial charge on any atom is 0.416 e. The van der Waals surface area contributed by atoms with Gasteiger partial charge in [-0.1, -0.05) is 0 Å². The lowest BCUT2D eigenvalue weighted by Crippen LogP contribution is -2.26. The number of rotatable bonds is 6. The first-order valence-corrected chi connectivity index (χ1v) is 11.0. The number of anilines is 1. The van der Waals surface area contributed by atoms with Crippen LogP contribution in [0.1, 0.15) is 38.3 Å². The van der Waals surface area contributed by atoms with E-state index in [0.29, 0.717) is 11.6 Å². The molecular weight excluding hydrogens is 499 g/mol. The Morgan fingerprint density at radius 1 is 0.973 bits per heavy atom. The third kappa shape index (κ3) is 5.60. The molecule has 6 nitrogen and oxygen atoms in total. The number of hydrogen-bond acceptors (Lipinski definition) is 4. The molecule has 2 N–H and O–H groups in total. The second-order valence-electron chi connectivity index (χ2n) is 8.37. The average molecular weight is 518 g/mol. The maximum atomic E-state index is 14.4. The van der Waals surface area contributed by atoms with Crippen molar-refractivity contribution >= 4 is 23.3 Å². The highest BCUT2D eigenvalue weighted by Gasteiger charge is 2.34. The number of alkyl halides is 3.